The van der Waals surface area contributed by atoms with Crippen molar-refractivity contribution in [2.45, 2.75) is 11.3 Å². The molecule has 6 heteroatoms. The summed E-state index contributed by atoms with van der Waals surface area (Å²) in [5, 5.41) is 10.6. The van der Waals surface area contributed by atoms with Crippen LogP contribution in [0.1, 0.15) is 6.42 Å². The van der Waals surface area contributed by atoms with Gasteiger partial charge in [-0.1, -0.05) is 24.3 Å². The van der Waals surface area contributed by atoms with Gasteiger partial charge in [0, 0.05) is 36.2 Å². The van der Waals surface area contributed by atoms with E-state index in [1.54, 1.807) is 24.3 Å². The number of nitrogens with zero attached hydrogens (tertiary/aromatic N) is 1. The van der Waals surface area contributed by atoms with E-state index in [0.29, 0.717) is 30.6 Å². The molecule has 0 amide bonds. The Hall–Kier alpha value is -1.63. The minimum Gasteiger partial charge on any atom is -0.398 e. The number of sulfonamides is 1. The Labute approximate surface area is 124 Å². The molecule has 2 aromatic rings. The van der Waals surface area contributed by atoms with E-state index < -0.39 is 10.0 Å². The summed E-state index contributed by atoms with van der Waals surface area (Å²) in [6.45, 7) is 0.846. The van der Waals surface area contributed by atoms with Crippen LogP contribution in [0.2, 0.25) is 0 Å². The molecule has 1 fully saturated rings. The lowest BCUT2D eigenvalue weighted by atomic mass is 10.1. The average Bonchev–Trinajstić information content (AvgIpc) is 2.97. The van der Waals surface area contributed by atoms with Crippen LogP contribution in [0.25, 0.3) is 10.8 Å². The minimum absolute atomic E-state index is 0.0223. The van der Waals surface area contributed by atoms with Gasteiger partial charge in [0.1, 0.15) is 0 Å². The molecule has 1 unspecified atom stereocenters. The van der Waals surface area contributed by atoms with Gasteiger partial charge in [-0.2, -0.15) is 4.31 Å². The Bertz CT molecular complexity index is 774. The molecule has 1 atom stereocenters. The Morgan fingerprint density at radius 2 is 1.90 bits per heavy atom. The Morgan fingerprint density at radius 1 is 1.19 bits per heavy atom. The van der Waals surface area contributed by atoms with Gasteiger partial charge in [0.15, 0.2) is 0 Å². The standard InChI is InChI=1S/C15H18N2O3S/c16-14-5-6-15(13-4-2-1-3-12(13)14)21(19,20)17-8-7-11(9-17)10-18/h1-6,11,18H,7-10,16H2. The highest BCUT2D eigenvalue weighted by Gasteiger charge is 2.33. The van der Waals surface area contributed by atoms with Gasteiger partial charge in [-0.05, 0) is 24.5 Å². The average molecular weight is 306 g/mol. The molecule has 0 aliphatic carbocycles. The summed E-state index contributed by atoms with van der Waals surface area (Å²) in [7, 11) is -3.56. The van der Waals surface area contributed by atoms with Gasteiger partial charge in [-0.15, -0.1) is 0 Å². The normalized spacial score (nSPS) is 20.1. The van der Waals surface area contributed by atoms with E-state index >= 15 is 0 Å². The molecule has 21 heavy (non-hydrogen) atoms. The molecule has 1 heterocycles. The van der Waals surface area contributed by atoms with Crippen LogP contribution < -0.4 is 5.73 Å². The third-order valence-corrected chi connectivity index (χ3v) is 5.97. The van der Waals surface area contributed by atoms with Gasteiger partial charge in [0.25, 0.3) is 0 Å². The molecule has 0 aromatic heterocycles. The molecule has 0 spiro atoms. The predicted molar refractivity (Wildman–Crippen MR) is 82.3 cm³/mol. The van der Waals surface area contributed by atoms with Gasteiger partial charge in [0.2, 0.25) is 10.0 Å². The molecule has 5 nitrogen and oxygen atoms in total. The molecule has 0 bridgehead atoms. The van der Waals surface area contributed by atoms with Gasteiger partial charge >= 0.3 is 0 Å². The zero-order chi connectivity index (χ0) is 15.0. The quantitative estimate of drug-likeness (QED) is 0.840. The molecule has 0 saturated carbocycles. The van der Waals surface area contributed by atoms with E-state index in [9.17, 15) is 13.5 Å². The van der Waals surface area contributed by atoms with Crippen molar-refractivity contribution < 1.29 is 13.5 Å². The second-order valence-electron chi connectivity index (χ2n) is 5.40. The third kappa shape index (κ3) is 2.39. The second-order valence-corrected chi connectivity index (χ2v) is 7.31. The number of nitrogen functional groups attached to an aromatic ring is 1. The molecule has 0 radical (unpaired) electrons. The molecule has 112 valence electrons. The number of aliphatic hydroxyl groups is 1. The van der Waals surface area contributed by atoms with Crippen LogP contribution >= 0.6 is 0 Å². The number of rotatable bonds is 3. The van der Waals surface area contributed by atoms with E-state index in [2.05, 4.69) is 0 Å². The van der Waals surface area contributed by atoms with E-state index in [0.717, 1.165) is 5.39 Å². The maximum atomic E-state index is 12.8. The zero-order valence-corrected chi connectivity index (χ0v) is 12.4. The number of anilines is 1. The first-order valence-electron chi connectivity index (χ1n) is 6.92. The fourth-order valence-electron chi connectivity index (χ4n) is 2.82. The van der Waals surface area contributed by atoms with Gasteiger partial charge < -0.3 is 10.8 Å². The predicted octanol–water partition coefficient (Wildman–Crippen LogP) is 1.42. The third-order valence-electron chi connectivity index (χ3n) is 4.04. The Kier molecular flexibility index (Phi) is 3.61. The van der Waals surface area contributed by atoms with E-state index in [1.165, 1.54) is 4.31 Å². The summed E-state index contributed by atoms with van der Waals surface area (Å²) in [6.07, 6.45) is 0.697. The minimum atomic E-state index is -3.56. The largest absolute Gasteiger partial charge is 0.398 e. The number of hydrogen-bond donors (Lipinski definition) is 2. The number of hydrogen-bond acceptors (Lipinski definition) is 4. The zero-order valence-electron chi connectivity index (χ0n) is 11.6. The number of nitrogens with two attached hydrogens (primary N) is 1. The van der Waals surface area contributed by atoms with Gasteiger partial charge in [0.05, 0.1) is 4.90 Å². The van der Waals surface area contributed by atoms with Gasteiger partial charge in [-0.3, -0.25) is 0 Å². The molecule has 1 saturated heterocycles. The van der Waals surface area contributed by atoms with Crippen LogP contribution in [0.3, 0.4) is 0 Å². The lowest BCUT2D eigenvalue weighted by molar-refractivity contribution is 0.233. The van der Waals surface area contributed by atoms with Crippen LogP contribution in [0.4, 0.5) is 5.69 Å². The van der Waals surface area contributed by atoms with Crippen molar-refractivity contribution in [3.63, 3.8) is 0 Å². The lowest BCUT2D eigenvalue weighted by Crippen LogP contribution is -2.29. The van der Waals surface area contributed by atoms with Crippen molar-refractivity contribution in [2.24, 2.45) is 5.92 Å². The molecule has 3 rings (SSSR count). The van der Waals surface area contributed by atoms with E-state index in [4.69, 9.17) is 5.73 Å². The summed E-state index contributed by atoms with van der Waals surface area (Å²) >= 11 is 0. The lowest BCUT2D eigenvalue weighted by Gasteiger charge is -2.18. The molecule has 1 aliphatic heterocycles. The monoisotopic (exact) mass is 306 g/mol. The van der Waals surface area contributed by atoms with Crippen molar-refractivity contribution in [1.29, 1.82) is 0 Å². The second kappa shape index (κ2) is 5.29. The molecule has 2 aromatic carbocycles. The highest BCUT2D eigenvalue weighted by molar-refractivity contribution is 7.89. The van der Waals surface area contributed by atoms with Crippen LogP contribution in [0.15, 0.2) is 41.3 Å². The van der Waals surface area contributed by atoms with Crippen LogP contribution in [-0.4, -0.2) is 37.5 Å². The fraction of sp³-hybridized carbons (Fsp3) is 0.333. The summed E-state index contributed by atoms with van der Waals surface area (Å²) < 4.78 is 27.1. The highest BCUT2D eigenvalue weighted by Crippen LogP contribution is 2.31. The number of benzene rings is 2. The van der Waals surface area contributed by atoms with Gasteiger partial charge in [-0.25, -0.2) is 8.42 Å². The summed E-state index contributed by atoms with van der Waals surface area (Å²) in [6, 6.07) is 10.4. The summed E-state index contributed by atoms with van der Waals surface area (Å²) in [5.74, 6) is 0.0276. The first-order chi connectivity index (χ1) is 10.0. The number of aliphatic hydroxyl groups excluding tert-OH is 1. The molecular formula is C15H18N2O3S. The SMILES string of the molecule is Nc1ccc(S(=O)(=O)N2CCC(CO)C2)c2ccccc12. The van der Waals surface area contributed by atoms with Crippen molar-refractivity contribution in [2.75, 3.05) is 25.4 Å². The topological polar surface area (TPSA) is 83.6 Å². The van der Waals surface area contributed by atoms with Crippen LogP contribution in [-0.2, 0) is 10.0 Å². The summed E-state index contributed by atoms with van der Waals surface area (Å²) in [4.78, 5) is 0.283. The van der Waals surface area contributed by atoms with Crippen LogP contribution in [0, 0.1) is 5.92 Å². The Morgan fingerprint density at radius 3 is 2.57 bits per heavy atom. The summed E-state index contributed by atoms with van der Waals surface area (Å²) in [5.41, 5.74) is 6.49. The van der Waals surface area contributed by atoms with E-state index in [-0.39, 0.29) is 17.4 Å². The maximum absolute atomic E-state index is 12.8. The van der Waals surface area contributed by atoms with Crippen molar-refractivity contribution in [1.82, 2.24) is 4.31 Å². The molecule has 1 aliphatic rings. The van der Waals surface area contributed by atoms with Crippen molar-refractivity contribution >= 4 is 26.5 Å². The maximum Gasteiger partial charge on any atom is 0.243 e. The number of fused-ring (bicyclic) bond motifs is 1. The first-order valence-corrected chi connectivity index (χ1v) is 8.36. The van der Waals surface area contributed by atoms with Crippen molar-refractivity contribution in [3.05, 3.63) is 36.4 Å². The van der Waals surface area contributed by atoms with Crippen molar-refractivity contribution in [3.8, 4) is 0 Å². The highest BCUT2D eigenvalue weighted by atomic mass is 32.2. The Balaban J connectivity index is 2.10. The molecule has 3 N–H and O–H groups in total. The first kappa shape index (κ1) is 14.3. The van der Waals surface area contributed by atoms with Crippen LogP contribution in [0.5, 0.6) is 0 Å². The molecular weight excluding hydrogens is 288 g/mol. The smallest absolute Gasteiger partial charge is 0.243 e. The van der Waals surface area contributed by atoms with E-state index in [1.807, 2.05) is 12.1 Å². The fourth-order valence-corrected chi connectivity index (χ4v) is 4.55.